The van der Waals surface area contributed by atoms with Crippen molar-refractivity contribution in [3.63, 3.8) is 0 Å². The van der Waals surface area contributed by atoms with Gasteiger partial charge < -0.3 is 35.0 Å². The highest BCUT2D eigenvalue weighted by atomic mass is 79.9. The number of carbonyl (C=O) groups is 2. The number of nitrogens with zero attached hydrogens (tertiary/aromatic N) is 3. The minimum atomic E-state index is -1.17. The van der Waals surface area contributed by atoms with Crippen molar-refractivity contribution in [1.82, 2.24) is 14.9 Å². The van der Waals surface area contributed by atoms with Crippen molar-refractivity contribution in [2.24, 2.45) is 0 Å². The van der Waals surface area contributed by atoms with E-state index in [0.717, 1.165) is 0 Å². The van der Waals surface area contributed by atoms with Crippen molar-refractivity contribution in [1.29, 1.82) is 0 Å². The molecule has 3 unspecified atom stereocenters. The van der Waals surface area contributed by atoms with Crippen LogP contribution < -0.4 is 14.8 Å². The summed E-state index contributed by atoms with van der Waals surface area (Å²) in [5.74, 6) is -1.09. The number of aromatic nitrogens is 2. The van der Waals surface area contributed by atoms with E-state index in [1.54, 1.807) is 24.3 Å². The molecule has 4 N–H and O–H groups in total. The van der Waals surface area contributed by atoms with Gasteiger partial charge in [0.1, 0.15) is 30.6 Å². The number of benzene rings is 2. The average molecular weight is 593 g/mol. The third-order valence-corrected chi connectivity index (χ3v) is 6.61. The summed E-state index contributed by atoms with van der Waals surface area (Å²) in [5.41, 5.74) is 0.693. The number of halogens is 2. The molecule has 0 saturated carbocycles. The lowest BCUT2D eigenvalue weighted by Gasteiger charge is -2.38. The lowest BCUT2D eigenvalue weighted by molar-refractivity contribution is -0.158. The van der Waals surface area contributed by atoms with E-state index in [2.05, 4.69) is 31.2 Å². The lowest BCUT2D eigenvalue weighted by Crippen LogP contribution is -2.55. The maximum absolute atomic E-state index is 14.3. The number of hydrogen-bond acceptors (Lipinski definition) is 9. The summed E-state index contributed by atoms with van der Waals surface area (Å²) < 4.78 is 26.1. The number of amides is 1. The van der Waals surface area contributed by atoms with Crippen LogP contribution in [0.4, 0.5) is 15.9 Å². The van der Waals surface area contributed by atoms with Gasteiger partial charge in [-0.05, 0) is 30.7 Å². The molecule has 0 bridgehead atoms. The number of fused-ring (bicyclic) bond motifs is 1. The van der Waals surface area contributed by atoms with E-state index < -0.39 is 35.9 Å². The first-order valence-electron chi connectivity index (χ1n) is 11.7. The van der Waals surface area contributed by atoms with E-state index in [1.807, 2.05) is 0 Å². The predicted octanol–water partition coefficient (Wildman–Crippen LogP) is 2.85. The monoisotopic (exact) mass is 592 g/mol. The van der Waals surface area contributed by atoms with Crippen molar-refractivity contribution in [2.45, 2.75) is 37.5 Å². The SMILES string of the molecule is COc1cc2c(Nc3ccc(Br)cc3F)ncnc2cc1OCC(O)CC(O)CC(=O)N1CCC1C(=O)O. The van der Waals surface area contributed by atoms with Crippen LogP contribution in [0.15, 0.2) is 41.1 Å². The number of aliphatic hydroxyl groups excluding tert-OH is 2. The minimum Gasteiger partial charge on any atom is -0.493 e. The Kier molecular flexibility index (Phi) is 8.59. The fourth-order valence-corrected chi connectivity index (χ4v) is 4.40. The Morgan fingerprint density at radius 3 is 2.66 bits per heavy atom. The summed E-state index contributed by atoms with van der Waals surface area (Å²) >= 11 is 3.22. The highest BCUT2D eigenvalue weighted by Crippen LogP contribution is 2.35. The summed E-state index contributed by atoms with van der Waals surface area (Å²) in [5, 5.41) is 33.1. The van der Waals surface area contributed by atoms with Crippen LogP contribution >= 0.6 is 15.9 Å². The molecular formula is C25H26BrFN4O7. The number of rotatable bonds is 11. The first-order chi connectivity index (χ1) is 18.2. The van der Waals surface area contributed by atoms with Gasteiger partial charge in [0, 0.05) is 28.9 Å². The first-order valence-corrected chi connectivity index (χ1v) is 12.5. The smallest absolute Gasteiger partial charge is 0.326 e. The quantitative estimate of drug-likeness (QED) is 0.261. The molecule has 4 rings (SSSR count). The van der Waals surface area contributed by atoms with Gasteiger partial charge in [0.15, 0.2) is 11.5 Å². The molecule has 0 spiro atoms. The average Bonchev–Trinajstić information content (AvgIpc) is 2.82. The zero-order valence-corrected chi connectivity index (χ0v) is 21.9. The van der Waals surface area contributed by atoms with Crippen LogP contribution in [-0.2, 0) is 9.59 Å². The van der Waals surface area contributed by atoms with Crippen LogP contribution in [0.1, 0.15) is 19.3 Å². The second kappa shape index (κ2) is 11.9. The van der Waals surface area contributed by atoms with Crippen LogP contribution in [0.5, 0.6) is 11.5 Å². The number of methoxy groups -OCH3 is 1. The van der Waals surface area contributed by atoms with Gasteiger partial charge in [0.2, 0.25) is 5.91 Å². The number of aliphatic carboxylic acids is 1. The molecule has 3 aromatic rings. The molecule has 202 valence electrons. The summed E-state index contributed by atoms with van der Waals surface area (Å²) in [6, 6.07) is 6.93. The maximum atomic E-state index is 14.3. The van der Waals surface area contributed by atoms with E-state index >= 15 is 0 Å². The zero-order valence-electron chi connectivity index (χ0n) is 20.3. The third-order valence-electron chi connectivity index (χ3n) is 6.12. The maximum Gasteiger partial charge on any atom is 0.326 e. The fourth-order valence-electron chi connectivity index (χ4n) is 4.07. The van der Waals surface area contributed by atoms with Crippen molar-refractivity contribution in [3.05, 3.63) is 46.9 Å². The highest BCUT2D eigenvalue weighted by molar-refractivity contribution is 9.10. The normalized spacial score (nSPS) is 16.4. The van der Waals surface area contributed by atoms with Crippen LogP contribution in [0.2, 0.25) is 0 Å². The Morgan fingerprint density at radius 1 is 1.21 bits per heavy atom. The number of likely N-dealkylation sites (tertiary alicyclic amines) is 1. The molecular weight excluding hydrogens is 567 g/mol. The van der Waals surface area contributed by atoms with E-state index in [9.17, 15) is 24.2 Å². The van der Waals surface area contributed by atoms with Gasteiger partial charge in [-0.15, -0.1) is 0 Å². The molecule has 1 aromatic heterocycles. The Bertz CT molecular complexity index is 1340. The number of carbonyl (C=O) groups excluding carboxylic acids is 1. The largest absolute Gasteiger partial charge is 0.493 e. The fraction of sp³-hybridized carbons (Fsp3) is 0.360. The summed E-state index contributed by atoms with van der Waals surface area (Å²) in [4.78, 5) is 33.0. The second-order valence-corrected chi connectivity index (χ2v) is 9.70. The van der Waals surface area contributed by atoms with E-state index in [4.69, 9.17) is 14.6 Å². The van der Waals surface area contributed by atoms with Crippen molar-refractivity contribution in [2.75, 3.05) is 25.6 Å². The minimum absolute atomic E-state index is 0.151. The number of nitrogens with one attached hydrogen (secondary N) is 1. The van der Waals surface area contributed by atoms with E-state index in [0.29, 0.717) is 39.9 Å². The number of carboxylic acid groups (broad SMARTS) is 1. The molecule has 1 amide bonds. The van der Waals surface area contributed by atoms with Gasteiger partial charge in [-0.2, -0.15) is 0 Å². The zero-order chi connectivity index (χ0) is 27.4. The lowest BCUT2D eigenvalue weighted by atomic mass is 10.0. The van der Waals surface area contributed by atoms with Crippen LogP contribution in [0, 0.1) is 5.82 Å². The number of anilines is 2. The standard InChI is InChI=1S/C25H26BrFN4O7/c1-37-21-9-16-19(28-12-29-24(16)30-18-3-2-13(26)6-17(18)27)10-22(21)38-11-15(33)7-14(32)8-23(34)31-5-4-20(31)25(35)36/h2-3,6,9-10,12,14-15,20,32-33H,4-5,7-8,11H2,1H3,(H,35,36)(H,28,29,30). The van der Waals surface area contributed by atoms with Gasteiger partial charge in [-0.1, -0.05) is 15.9 Å². The topological polar surface area (TPSA) is 154 Å². The summed E-state index contributed by atoms with van der Waals surface area (Å²) in [7, 11) is 1.44. The number of hydrogen-bond donors (Lipinski definition) is 4. The van der Waals surface area contributed by atoms with Crippen LogP contribution in [-0.4, -0.2) is 80.6 Å². The third kappa shape index (κ3) is 6.29. The summed E-state index contributed by atoms with van der Waals surface area (Å²) in [6.07, 6.45) is -1.05. The number of aliphatic hydroxyl groups is 2. The van der Waals surface area contributed by atoms with Gasteiger partial charge in [0.25, 0.3) is 0 Å². The molecule has 13 heteroatoms. The molecule has 1 fully saturated rings. The Balaban J connectivity index is 1.40. The summed E-state index contributed by atoms with van der Waals surface area (Å²) in [6.45, 7) is 0.115. The number of carboxylic acids is 1. The van der Waals surface area contributed by atoms with Crippen molar-refractivity contribution < 1.29 is 38.8 Å². The molecule has 11 nitrogen and oxygen atoms in total. The molecule has 0 aliphatic carbocycles. The van der Waals surface area contributed by atoms with Gasteiger partial charge >= 0.3 is 5.97 Å². The van der Waals surface area contributed by atoms with Crippen LogP contribution in [0.3, 0.4) is 0 Å². The molecule has 3 atom stereocenters. The Hall–Kier alpha value is -3.55. The van der Waals surface area contributed by atoms with Gasteiger partial charge in [-0.3, -0.25) is 4.79 Å². The molecule has 1 aliphatic rings. The predicted molar refractivity (Wildman–Crippen MR) is 138 cm³/mol. The second-order valence-electron chi connectivity index (χ2n) is 8.78. The molecule has 1 saturated heterocycles. The van der Waals surface area contributed by atoms with Gasteiger partial charge in [-0.25, -0.2) is 19.2 Å². The molecule has 38 heavy (non-hydrogen) atoms. The van der Waals surface area contributed by atoms with E-state index in [1.165, 1.54) is 24.4 Å². The Labute approximate surface area is 225 Å². The van der Waals surface area contributed by atoms with E-state index in [-0.39, 0.29) is 30.9 Å². The molecule has 1 aliphatic heterocycles. The number of ether oxygens (including phenoxy) is 2. The van der Waals surface area contributed by atoms with Gasteiger partial charge in [0.05, 0.1) is 36.9 Å². The van der Waals surface area contributed by atoms with Crippen LogP contribution in [0.25, 0.3) is 10.9 Å². The molecule has 2 heterocycles. The van der Waals surface area contributed by atoms with Crippen molar-refractivity contribution in [3.8, 4) is 11.5 Å². The molecule has 2 aromatic carbocycles. The molecule has 0 radical (unpaired) electrons. The van der Waals surface area contributed by atoms with Crippen molar-refractivity contribution >= 4 is 50.2 Å². The Morgan fingerprint density at radius 2 is 2.00 bits per heavy atom. The highest BCUT2D eigenvalue weighted by Gasteiger charge is 2.38. The first kappa shape index (κ1) is 27.5.